The highest BCUT2D eigenvalue weighted by atomic mass is 16.4. The minimum Gasteiger partial charge on any atom is -0.440 e. The largest absolute Gasteiger partial charge is 0.440 e. The molecular weight excluding hydrogens is 294 g/mol. The van der Waals surface area contributed by atoms with Crippen LogP contribution >= 0.6 is 0 Å². The number of aryl methyl sites for hydroxylation is 2. The van der Waals surface area contributed by atoms with Crippen LogP contribution in [0.1, 0.15) is 36.5 Å². The van der Waals surface area contributed by atoms with Crippen molar-refractivity contribution in [2.24, 2.45) is 18.2 Å². The van der Waals surface area contributed by atoms with Crippen molar-refractivity contribution in [2.45, 2.75) is 33.2 Å². The number of hydrogen-bond donors (Lipinski definition) is 1. The Labute approximate surface area is 135 Å². The molecule has 0 bridgehead atoms. The second-order valence-electron chi connectivity index (χ2n) is 6.94. The van der Waals surface area contributed by atoms with E-state index in [2.05, 4.69) is 23.9 Å². The maximum absolute atomic E-state index is 12.8. The van der Waals surface area contributed by atoms with Gasteiger partial charge < -0.3 is 15.1 Å². The summed E-state index contributed by atoms with van der Waals surface area (Å²) in [6.45, 7) is 7.22. The van der Waals surface area contributed by atoms with Crippen molar-refractivity contribution in [3.05, 3.63) is 23.8 Å². The lowest BCUT2D eigenvalue weighted by molar-refractivity contribution is 0.0526. The molecule has 3 rings (SSSR count). The SMILES string of the molecule is Cc1oc(-c2cnn(C)c2)nc1C(=O)N1CCC(N)C(C)(C)C1. The molecule has 0 radical (unpaired) electrons. The zero-order chi connectivity index (χ0) is 16.8. The van der Waals surface area contributed by atoms with Gasteiger partial charge in [0.25, 0.3) is 5.91 Å². The Morgan fingerprint density at radius 1 is 1.48 bits per heavy atom. The predicted molar refractivity (Wildman–Crippen MR) is 85.7 cm³/mol. The third-order valence-corrected chi connectivity index (χ3v) is 4.55. The van der Waals surface area contributed by atoms with Gasteiger partial charge in [0.15, 0.2) is 5.69 Å². The number of piperidine rings is 1. The Balaban J connectivity index is 1.84. The van der Waals surface area contributed by atoms with Crippen LogP contribution in [0.25, 0.3) is 11.5 Å². The van der Waals surface area contributed by atoms with E-state index >= 15 is 0 Å². The Morgan fingerprint density at radius 3 is 2.83 bits per heavy atom. The average molecular weight is 317 g/mol. The quantitative estimate of drug-likeness (QED) is 0.908. The van der Waals surface area contributed by atoms with Crippen LogP contribution in [0, 0.1) is 12.3 Å². The van der Waals surface area contributed by atoms with E-state index in [-0.39, 0.29) is 17.4 Å². The monoisotopic (exact) mass is 317 g/mol. The first-order valence-electron chi connectivity index (χ1n) is 7.79. The molecule has 1 aliphatic rings. The van der Waals surface area contributed by atoms with Crippen molar-refractivity contribution in [3.8, 4) is 11.5 Å². The normalized spacial score (nSPS) is 20.7. The summed E-state index contributed by atoms with van der Waals surface area (Å²) in [5.74, 6) is 0.856. The summed E-state index contributed by atoms with van der Waals surface area (Å²) in [6.07, 6.45) is 4.27. The van der Waals surface area contributed by atoms with Gasteiger partial charge in [-0.2, -0.15) is 5.10 Å². The fourth-order valence-corrected chi connectivity index (χ4v) is 2.95. The van der Waals surface area contributed by atoms with E-state index in [9.17, 15) is 4.79 Å². The second-order valence-corrected chi connectivity index (χ2v) is 6.94. The molecule has 23 heavy (non-hydrogen) atoms. The van der Waals surface area contributed by atoms with E-state index < -0.39 is 0 Å². The molecule has 1 unspecified atom stereocenters. The van der Waals surface area contributed by atoms with Gasteiger partial charge in [0.1, 0.15) is 5.76 Å². The summed E-state index contributed by atoms with van der Waals surface area (Å²) >= 11 is 0. The van der Waals surface area contributed by atoms with E-state index in [1.54, 1.807) is 17.8 Å². The summed E-state index contributed by atoms with van der Waals surface area (Å²) in [5.41, 5.74) is 7.18. The number of nitrogens with two attached hydrogens (primary N) is 1. The van der Waals surface area contributed by atoms with Gasteiger partial charge in [0.05, 0.1) is 11.8 Å². The minimum atomic E-state index is -0.0995. The highest BCUT2D eigenvalue weighted by molar-refractivity contribution is 5.93. The fourth-order valence-electron chi connectivity index (χ4n) is 2.95. The van der Waals surface area contributed by atoms with Crippen LogP contribution in [0.15, 0.2) is 16.8 Å². The molecule has 1 amide bonds. The summed E-state index contributed by atoms with van der Waals surface area (Å²) in [7, 11) is 1.82. The van der Waals surface area contributed by atoms with Crippen LogP contribution < -0.4 is 5.73 Å². The number of oxazole rings is 1. The molecule has 124 valence electrons. The van der Waals surface area contributed by atoms with Crippen molar-refractivity contribution >= 4 is 5.91 Å². The Kier molecular flexibility index (Phi) is 3.75. The van der Waals surface area contributed by atoms with Crippen LogP contribution in [0.3, 0.4) is 0 Å². The van der Waals surface area contributed by atoms with Crippen molar-refractivity contribution < 1.29 is 9.21 Å². The second kappa shape index (κ2) is 5.49. The van der Waals surface area contributed by atoms with E-state index in [1.165, 1.54) is 0 Å². The highest BCUT2D eigenvalue weighted by Crippen LogP contribution is 2.29. The van der Waals surface area contributed by atoms with Crippen LogP contribution in [-0.4, -0.2) is 44.7 Å². The third-order valence-electron chi connectivity index (χ3n) is 4.55. The molecule has 2 aromatic heterocycles. The summed E-state index contributed by atoms with van der Waals surface area (Å²) < 4.78 is 7.33. The minimum absolute atomic E-state index is 0.0960. The number of nitrogens with zero attached hydrogens (tertiary/aromatic N) is 4. The summed E-state index contributed by atoms with van der Waals surface area (Å²) in [5, 5.41) is 4.10. The number of carbonyl (C=O) groups excluding carboxylic acids is 1. The maximum atomic E-state index is 12.8. The number of rotatable bonds is 2. The number of hydrogen-bond acceptors (Lipinski definition) is 5. The molecule has 2 N–H and O–H groups in total. The first-order valence-corrected chi connectivity index (χ1v) is 7.79. The molecule has 3 heterocycles. The van der Waals surface area contributed by atoms with Gasteiger partial charge in [-0.3, -0.25) is 9.48 Å². The number of likely N-dealkylation sites (tertiary alicyclic amines) is 1. The summed E-state index contributed by atoms with van der Waals surface area (Å²) in [6, 6.07) is 0.107. The van der Waals surface area contributed by atoms with Gasteiger partial charge >= 0.3 is 0 Å². The predicted octanol–water partition coefficient (Wildman–Crippen LogP) is 1.58. The molecule has 7 heteroatoms. The third kappa shape index (κ3) is 2.88. The molecule has 0 saturated carbocycles. The average Bonchev–Trinajstić information content (AvgIpc) is 3.07. The van der Waals surface area contributed by atoms with E-state index in [0.29, 0.717) is 30.4 Å². The van der Waals surface area contributed by atoms with Crippen molar-refractivity contribution in [1.82, 2.24) is 19.7 Å². The van der Waals surface area contributed by atoms with E-state index in [1.807, 2.05) is 18.1 Å². The molecule has 1 aliphatic heterocycles. The van der Waals surface area contributed by atoms with Crippen molar-refractivity contribution in [1.29, 1.82) is 0 Å². The Morgan fingerprint density at radius 2 is 2.22 bits per heavy atom. The zero-order valence-electron chi connectivity index (χ0n) is 14.0. The molecular formula is C16H23N5O2. The smallest absolute Gasteiger partial charge is 0.276 e. The van der Waals surface area contributed by atoms with Gasteiger partial charge in [-0.15, -0.1) is 0 Å². The zero-order valence-corrected chi connectivity index (χ0v) is 14.0. The highest BCUT2D eigenvalue weighted by Gasteiger charge is 2.36. The number of aromatic nitrogens is 3. The van der Waals surface area contributed by atoms with Crippen LogP contribution in [0.5, 0.6) is 0 Å². The Hall–Kier alpha value is -2.15. The summed E-state index contributed by atoms with van der Waals surface area (Å²) in [4.78, 5) is 19.0. The molecule has 1 saturated heterocycles. The van der Waals surface area contributed by atoms with Gasteiger partial charge in [-0.05, 0) is 18.8 Å². The molecule has 0 spiro atoms. The maximum Gasteiger partial charge on any atom is 0.276 e. The van der Waals surface area contributed by atoms with Crippen LogP contribution in [0.2, 0.25) is 0 Å². The Bertz CT molecular complexity index is 731. The number of amides is 1. The fraction of sp³-hybridized carbons (Fsp3) is 0.562. The van der Waals surface area contributed by atoms with Gasteiger partial charge in [-0.25, -0.2) is 4.98 Å². The first kappa shape index (κ1) is 15.7. The lowest BCUT2D eigenvalue weighted by Gasteiger charge is -2.42. The van der Waals surface area contributed by atoms with Crippen LogP contribution in [-0.2, 0) is 7.05 Å². The first-order chi connectivity index (χ1) is 10.8. The molecule has 7 nitrogen and oxygen atoms in total. The molecule has 1 fully saturated rings. The lowest BCUT2D eigenvalue weighted by Crippen LogP contribution is -2.54. The van der Waals surface area contributed by atoms with Gasteiger partial charge in [0, 0.05) is 32.4 Å². The number of carbonyl (C=O) groups is 1. The lowest BCUT2D eigenvalue weighted by atomic mass is 9.79. The van der Waals surface area contributed by atoms with E-state index in [0.717, 1.165) is 12.0 Å². The van der Waals surface area contributed by atoms with Crippen molar-refractivity contribution in [2.75, 3.05) is 13.1 Å². The molecule has 1 atom stereocenters. The molecule has 0 aromatic carbocycles. The topological polar surface area (TPSA) is 90.2 Å². The van der Waals surface area contributed by atoms with Gasteiger partial charge in [-0.1, -0.05) is 13.8 Å². The molecule has 2 aromatic rings. The van der Waals surface area contributed by atoms with Crippen LogP contribution in [0.4, 0.5) is 0 Å². The van der Waals surface area contributed by atoms with E-state index in [4.69, 9.17) is 10.2 Å². The standard InChI is InChI=1S/C16H23N5O2/c1-10-13(19-14(23-10)11-7-18-20(4)8-11)15(22)21-6-5-12(17)16(2,3)9-21/h7-8,12H,5-6,9,17H2,1-4H3. The molecule has 0 aliphatic carbocycles. The van der Waals surface area contributed by atoms with Crippen molar-refractivity contribution in [3.63, 3.8) is 0 Å². The van der Waals surface area contributed by atoms with Gasteiger partial charge in [0.2, 0.25) is 5.89 Å².